The predicted molar refractivity (Wildman–Crippen MR) is 137 cm³/mol. The summed E-state index contributed by atoms with van der Waals surface area (Å²) in [4.78, 5) is 12.1. The molecule has 3 aromatic heterocycles. The van der Waals surface area contributed by atoms with Gasteiger partial charge < -0.3 is 14.4 Å². The Hall–Kier alpha value is -3.36. The lowest BCUT2D eigenvalue weighted by molar-refractivity contribution is -0.0383. The molecule has 0 spiro atoms. The van der Waals surface area contributed by atoms with Gasteiger partial charge in [0.15, 0.2) is 6.23 Å². The summed E-state index contributed by atoms with van der Waals surface area (Å²) in [6.45, 7) is 6.61. The average molecular weight is 488 g/mol. The minimum Gasteiger partial charge on any atom is -0.377 e. The summed E-state index contributed by atoms with van der Waals surface area (Å²) >= 11 is 0. The van der Waals surface area contributed by atoms with E-state index in [0.717, 1.165) is 66.1 Å². The molecule has 2 aliphatic heterocycles. The van der Waals surface area contributed by atoms with Crippen molar-refractivity contribution >= 4 is 16.7 Å². The van der Waals surface area contributed by atoms with Gasteiger partial charge in [-0.25, -0.2) is 14.1 Å². The molecule has 4 aromatic rings. The summed E-state index contributed by atoms with van der Waals surface area (Å²) in [5, 5.41) is 5.44. The Bertz CT molecular complexity index is 1400. The van der Waals surface area contributed by atoms with Crippen LogP contribution in [0.2, 0.25) is 0 Å². The van der Waals surface area contributed by atoms with Gasteiger partial charge in [-0.15, -0.1) is 0 Å². The molecule has 186 valence electrons. The van der Waals surface area contributed by atoms with Crippen molar-refractivity contribution in [1.29, 1.82) is 0 Å². The zero-order valence-electron chi connectivity index (χ0n) is 20.7. The van der Waals surface area contributed by atoms with Crippen molar-refractivity contribution in [1.82, 2.24) is 19.7 Å². The SMILES string of the molecule is Cc1cccc(-c2cc(N3CCOC[C@H]3C)nc3c(-c4ccnn4C4CCCCO4)nccc23)c1F. The van der Waals surface area contributed by atoms with Crippen molar-refractivity contribution in [3.63, 3.8) is 0 Å². The zero-order valence-corrected chi connectivity index (χ0v) is 20.7. The number of aromatic nitrogens is 4. The molecule has 1 aromatic carbocycles. The minimum atomic E-state index is -0.218. The van der Waals surface area contributed by atoms with Gasteiger partial charge in [-0.3, -0.25) is 4.98 Å². The van der Waals surface area contributed by atoms with Crippen LogP contribution in [0.3, 0.4) is 0 Å². The van der Waals surface area contributed by atoms with E-state index in [4.69, 9.17) is 19.4 Å². The van der Waals surface area contributed by atoms with E-state index in [1.807, 2.05) is 35.0 Å². The van der Waals surface area contributed by atoms with Crippen LogP contribution in [0.25, 0.3) is 33.4 Å². The number of benzene rings is 1. The number of aryl methyl sites for hydroxylation is 1. The van der Waals surface area contributed by atoms with Gasteiger partial charge >= 0.3 is 0 Å². The van der Waals surface area contributed by atoms with Crippen molar-refractivity contribution < 1.29 is 13.9 Å². The number of morpholine rings is 1. The molecule has 5 heterocycles. The van der Waals surface area contributed by atoms with Crippen LogP contribution in [0.15, 0.2) is 48.8 Å². The first-order valence-corrected chi connectivity index (χ1v) is 12.7. The Morgan fingerprint density at radius 3 is 2.81 bits per heavy atom. The summed E-state index contributed by atoms with van der Waals surface area (Å²) in [5.41, 5.74) is 4.27. The standard InChI is InChI=1S/C28H30FN5O2/c1-18-6-5-7-20(26(18)29)22-16-24(33-13-15-35-17-19(33)2)32-27-21(22)9-11-30-28(27)23-10-12-31-34(23)25-8-3-4-14-36-25/h5-7,9-12,16,19,25H,3-4,8,13-15,17H2,1-2H3/t19-,25?/m1/s1. The Morgan fingerprint density at radius 2 is 1.97 bits per heavy atom. The Balaban J connectivity index is 1.59. The van der Waals surface area contributed by atoms with Crippen LogP contribution in [0.5, 0.6) is 0 Å². The lowest BCUT2D eigenvalue weighted by atomic mass is 9.98. The Morgan fingerprint density at radius 1 is 1.06 bits per heavy atom. The fourth-order valence-corrected chi connectivity index (χ4v) is 5.27. The van der Waals surface area contributed by atoms with Crippen LogP contribution in [-0.4, -0.2) is 52.2 Å². The van der Waals surface area contributed by atoms with Crippen LogP contribution in [0.1, 0.15) is 38.0 Å². The molecule has 2 aliphatic rings. The third-order valence-corrected chi connectivity index (χ3v) is 7.20. The van der Waals surface area contributed by atoms with Gasteiger partial charge in [0.05, 0.1) is 24.9 Å². The Labute approximate surface area is 209 Å². The third kappa shape index (κ3) is 4.04. The number of hydrogen-bond donors (Lipinski definition) is 0. The first-order chi connectivity index (χ1) is 17.6. The third-order valence-electron chi connectivity index (χ3n) is 7.20. The number of pyridine rings is 2. The van der Waals surface area contributed by atoms with Gasteiger partial charge in [0, 0.05) is 36.5 Å². The largest absolute Gasteiger partial charge is 0.377 e. The zero-order chi connectivity index (χ0) is 24.6. The van der Waals surface area contributed by atoms with Gasteiger partial charge in [0.2, 0.25) is 0 Å². The first-order valence-electron chi connectivity index (χ1n) is 12.7. The second-order valence-corrected chi connectivity index (χ2v) is 9.62. The Kier molecular flexibility index (Phi) is 6.15. The van der Waals surface area contributed by atoms with E-state index in [9.17, 15) is 0 Å². The molecule has 0 radical (unpaired) electrons. The van der Waals surface area contributed by atoms with Gasteiger partial charge in [0.25, 0.3) is 0 Å². The monoisotopic (exact) mass is 487 g/mol. The summed E-state index contributed by atoms with van der Waals surface area (Å²) in [6, 6.07) is 11.6. The highest BCUT2D eigenvalue weighted by atomic mass is 19.1. The highest BCUT2D eigenvalue weighted by molar-refractivity contribution is 6.01. The van der Waals surface area contributed by atoms with Crippen LogP contribution in [0, 0.1) is 12.7 Å². The first kappa shape index (κ1) is 23.1. The summed E-state index contributed by atoms with van der Waals surface area (Å²) in [6.07, 6.45) is 6.49. The van der Waals surface area contributed by atoms with Gasteiger partial charge in [-0.1, -0.05) is 18.2 Å². The molecule has 0 amide bonds. The average Bonchev–Trinajstić information content (AvgIpc) is 3.40. The molecule has 7 nitrogen and oxygen atoms in total. The quantitative estimate of drug-likeness (QED) is 0.377. The molecule has 0 saturated carbocycles. The van der Waals surface area contributed by atoms with E-state index in [1.54, 1.807) is 25.4 Å². The molecular formula is C28H30FN5O2. The number of fused-ring (bicyclic) bond motifs is 1. The van der Waals surface area contributed by atoms with E-state index < -0.39 is 0 Å². The predicted octanol–water partition coefficient (Wildman–Crippen LogP) is 5.53. The summed E-state index contributed by atoms with van der Waals surface area (Å²) < 4.78 is 29.1. The number of halogens is 1. The smallest absolute Gasteiger partial charge is 0.150 e. The van der Waals surface area contributed by atoms with Crippen molar-refractivity contribution in [2.45, 2.75) is 45.4 Å². The van der Waals surface area contributed by atoms with Crippen molar-refractivity contribution in [2.24, 2.45) is 0 Å². The van der Waals surface area contributed by atoms with E-state index in [-0.39, 0.29) is 18.1 Å². The number of rotatable bonds is 4. The van der Waals surface area contributed by atoms with E-state index in [1.165, 1.54) is 0 Å². The molecule has 36 heavy (non-hydrogen) atoms. The van der Waals surface area contributed by atoms with Crippen molar-refractivity contribution in [3.05, 3.63) is 60.2 Å². The number of ether oxygens (including phenoxy) is 2. The molecule has 0 aliphatic carbocycles. The molecule has 6 rings (SSSR count). The second kappa shape index (κ2) is 9.59. The lowest BCUT2D eigenvalue weighted by Crippen LogP contribution is -2.44. The van der Waals surface area contributed by atoms with Crippen LogP contribution >= 0.6 is 0 Å². The minimum absolute atomic E-state index is 0.128. The van der Waals surface area contributed by atoms with Crippen LogP contribution < -0.4 is 4.90 Å². The van der Waals surface area contributed by atoms with Crippen molar-refractivity contribution in [3.8, 4) is 22.5 Å². The fraction of sp³-hybridized carbons (Fsp3) is 0.393. The van der Waals surface area contributed by atoms with E-state index in [2.05, 4.69) is 16.9 Å². The maximum Gasteiger partial charge on any atom is 0.150 e. The summed E-state index contributed by atoms with van der Waals surface area (Å²) in [7, 11) is 0. The molecule has 2 atom stereocenters. The molecule has 2 fully saturated rings. The van der Waals surface area contributed by atoms with Crippen molar-refractivity contribution in [2.75, 3.05) is 31.3 Å². The van der Waals surface area contributed by atoms with Crippen LogP contribution in [-0.2, 0) is 9.47 Å². The molecule has 0 bridgehead atoms. The van der Waals surface area contributed by atoms with Crippen LogP contribution in [0.4, 0.5) is 10.2 Å². The number of anilines is 1. The lowest BCUT2D eigenvalue weighted by Gasteiger charge is -2.34. The maximum absolute atomic E-state index is 15.4. The maximum atomic E-state index is 15.4. The summed E-state index contributed by atoms with van der Waals surface area (Å²) in [5.74, 6) is 0.577. The van der Waals surface area contributed by atoms with Gasteiger partial charge in [0.1, 0.15) is 22.8 Å². The fourth-order valence-electron chi connectivity index (χ4n) is 5.27. The van der Waals surface area contributed by atoms with Gasteiger partial charge in [-0.2, -0.15) is 5.10 Å². The highest BCUT2D eigenvalue weighted by Crippen LogP contribution is 2.38. The highest BCUT2D eigenvalue weighted by Gasteiger charge is 2.26. The van der Waals surface area contributed by atoms with Gasteiger partial charge in [-0.05, 0) is 62.4 Å². The van der Waals surface area contributed by atoms with E-state index in [0.29, 0.717) is 24.3 Å². The molecule has 1 unspecified atom stereocenters. The van der Waals surface area contributed by atoms with E-state index >= 15 is 4.39 Å². The molecule has 8 heteroatoms. The molecule has 0 N–H and O–H groups in total. The number of nitrogens with zero attached hydrogens (tertiary/aromatic N) is 5. The number of hydrogen-bond acceptors (Lipinski definition) is 6. The molecular weight excluding hydrogens is 457 g/mol. The topological polar surface area (TPSA) is 65.3 Å². The normalized spacial score (nSPS) is 20.7. The molecule has 2 saturated heterocycles. The second-order valence-electron chi connectivity index (χ2n) is 9.62.